The summed E-state index contributed by atoms with van der Waals surface area (Å²) < 4.78 is 5.43. The molecule has 5 nitrogen and oxygen atoms in total. The van der Waals surface area contributed by atoms with Gasteiger partial charge in [0.25, 0.3) is 0 Å². The number of hydrogen-bond acceptors (Lipinski definition) is 3. The average molecular weight is 469 g/mol. The average Bonchev–Trinajstić information content (AvgIpc) is 3.22. The molecular formula is C24H25BrN2O3. The summed E-state index contributed by atoms with van der Waals surface area (Å²) in [5.41, 5.74) is 2.69. The van der Waals surface area contributed by atoms with Gasteiger partial charge in [-0.2, -0.15) is 0 Å². The van der Waals surface area contributed by atoms with Gasteiger partial charge in [0.1, 0.15) is 6.61 Å². The second-order valence-electron chi connectivity index (χ2n) is 7.79. The van der Waals surface area contributed by atoms with E-state index in [1.54, 1.807) is 11.1 Å². The summed E-state index contributed by atoms with van der Waals surface area (Å²) in [5.74, 6) is 0.513. The molecule has 2 heterocycles. The molecule has 1 fully saturated rings. The first-order chi connectivity index (χ1) is 14.6. The minimum atomic E-state index is -0.262. The van der Waals surface area contributed by atoms with Gasteiger partial charge in [-0.25, -0.2) is 4.79 Å². The zero-order valence-electron chi connectivity index (χ0n) is 16.7. The third kappa shape index (κ3) is 4.75. The molecule has 0 bridgehead atoms. The van der Waals surface area contributed by atoms with E-state index in [9.17, 15) is 9.59 Å². The number of likely N-dealkylation sites (tertiary alicyclic amines) is 1. The number of aromatic amines is 1. The fourth-order valence-electron chi connectivity index (χ4n) is 4.01. The lowest BCUT2D eigenvalue weighted by atomic mass is 9.90. The van der Waals surface area contributed by atoms with Gasteiger partial charge in [0.05, 0.1) is 4.83 Å². The van der Waals surface area contributed by atoms with Gasteiger partial charge in [0.15, 0.2) is 5.78 Å². The standard InChI is InChI=1S/C24H25BrN2O3/c25-21(23(28)20-15-26-22-9-5-4-8-19(20)22)14-17-10-12-27(13-11-17)24(29)30-16-18-6-2-1-3-7-18/h1-9,15,17,21,26H,10-14,16H2. The Hall–Kier alpha value is -2.60. The lowest BCUT2D eigenvalue weighted by molar-refractivity contribution is 0.0802. The van der Waals surface area contributed by atoms with E-state index in [1.807, 2.05) is 54.6 Å². The third-order valence-corrected chi connectivity index (χ3v) is 6.55. The predicted molar refractivity (Wildman–Crippen MR) is 121 cm³/mol. The SMILES string of the molecule is O=C(c1c[nH]c2ccccc12)C(Br)CC1CCN(C(=O)OCc2ccccc2)CC1. The first-order valence-electron chi connectivity index (χ1n) is 10.3. The Morgan fingerprint density at radius 1 is 1.07 bits per heavy atom. The molecule has 0 spiro atoms. The van der Waals surface area contributed by atoms with Gasteiger partial charge >= 0.3 is 6.09 Å². The van der Waals surface area contributed by atoms with Crippen LogP contribution in [0.3, 0.4) is 0 Å². The molecule has 1 unspecified atom stereocenters. The number of alkyl halides is 1. The van der Waals surface area contributed by atoms with E-state index >= 15 is 0 Å². The van der Waals surface area contributed by atoms with Crippen LogP contribution in [0.5, 0.6) is 0 Å². The van der Waals surface area contributed by atoms with Gasteiger partial charge < -0.3 is 14.6 Å². The largest absolute Gasteiger partial charge is 0.445 e. The Labute approximate surface area is 184 Å². The number of halogens is 1. The van der Waals surface area contributed by atoms with Gasteiger partial charge in [0, 0.05) is 35.8 Å². The summed E-state index contributed by atoms with van der Waals surface area (Å²) in [4.78, 5) is 30.0. The second kappa shape index (κ2) is 9.47. The van der Waals surface area contributed by atoms with Crippen LogP contribution < -0.4 is 0 Å². The van der Waals surface area contributed by atoms with Gasteiger partial charge in [0.2, 0.25) is 0 Å². The number of rotatable bonds is 6. The van der Waals surface area contributed by atoms with Crippen molar-refractivity contribution in [2.75, 3.05) is 13.1 Å². The van der Waals surface area contributed by atoms with E-state index in [0.29, 0.717) is 25.6 Å². The van der Waals surface area contributed by atoms with Crippen LogP contribution in [0.4, 0.5) is 4.79 Å². The molecule has 1 aliphatic rings. The normalized spacial score (nSPS) is 15.8. The highest BCUT2D eigenvalue weighted by Crippen LogP contribution is 2.28. The lowest BCUT2D eigenvalue weighted by Crippen LogP contribution is -2.39. The van der Waals surface area contributed by atoms with Crippen molar-refractivity contribution >= 4 is 38.7 Å². The Morgan fingerprint density at radius 3 is 2.53 bits per heavy atom. The first kappa shape index (κ1) is 20.7. The fourth-order valence-corrected chi connectivity index (χ4v) is 4.78. The van der Waals surface area contributed by atoms with Crippen LogP contribution in [0.2, 0.25) is 0 Å². The minimum Gasteiger partial charge on any atom is -0.445 e. The van der Waals surface area contributed by atoms with Crippen molar-refractivity contribution in [3.05, 3.63) is 71.9 Å². The maximum Gasteiger partial charge on any atom is 0.410 e. The number of H-pyrrole nitrogens is 1. The van der Waals surface area contributed by atoms with E-state index < -0.39 is 0 Å². The number of para-hydroxylation sites is 1. The highest BCUT2D eigenvalue weighted by atomic mass is 79.9. The molecule has 0 radical (unpaired) electrons. The second-order valence-corrected chi connectivity index (χ2v) is 8.89. The van der Waals surface area contributed by atoms with Crippen molar-refractivity contribution in [1.82, 2.24) is 9.88 Å². The van der Waals surface area contributed by atoms with Crippen LogP contribution in [0, 0.1) is 5.92 Å². The van der Waals surface area contributed by atoms with E-state index in [2.05, 4.69) is 20.9 Å². The van der Waals surface area contributed by atoms with E-state index in [-0.39, 0.29) is 16.7 Å². The molecule has 4 rings (SSSR count). The van der Waals surface area contributed by atoms with E-state index in [0.717, 1.165) is 41.3 Å². The fraction of sp³-hybridized carbons (Fsp3) is 0.333. The summed E-state index contributed by atoms with van der Waals surface area (Å²) in [6.07, 6.45) is 4.06. The van der Waals surface area contributed by atoms with Crippen molar-refractivity contribution in [3.63, 3.8) is 0 Å². The summed E-state index contributed by atoms with van der Waals surface area (Å²) >= 11 is 3.61. The van der Waals surface area contributed by atoms with Gasteiger partial charge in [-0.1, -0.05) is 64.5 Å². The van der Waals surface area contributed by atoms with Crippen LogP contribution in [-0.4, -0.2) is 39.7 Å². The third-order valence-electron chi connectivity index (χ3n) is 5.76. The highest BCUT2D eigenvalue weighted by molar-refractivity contribution is 9.10. The van der Waals surface area contributed by atoms with Crippen LogP contribution in [0.25, 0.3) is 10.9 Å². The maximum atomic E-state index is 12.9. The number of ketones is 1. The number of fused-ring (bicyclic) bond motifs is 1. The molecule has 6 heteroatoms. The van der Waals surface area contributed by atoms with Crippen molar-refractivity contribution in [2.45, 2.75) is 30.7 Å². The zero-order chi connectivity index (χ0) is 20.9. The first-order valence-corrected chi connectivity index (χ1v) is 11.2. The summed E-state index contributed by atoms with van der Waals surface area (Å²) in [6.45, 7) is 1.63. The molecule has 0 saturated carbocycles. The van der Waals surface area contributed by atoms with Crippen molar-refractivity contribution < 1.29 is 14.3 Å². The Morgan fingerprint density at radius 2 is 1.77 bits per heavy atom. The number of aromatic nitrogens is 1. The molecule has 1 N–H and O–H groups in total. The molecule has 0 aliphatic carbocycles. The molecule has 1 atom stereocenters. The summed E-state index contributed by atoms with van der Waals surface area (Å²) in [6, 6.07) is 17.5. The highest BCUT2D eigenvalue weighted by Gasteiger charge is 2.28. The lowest BCUT2D eigenvalue weighted by Gasteiger charge is -2.32. The van der Waals surface area contributed by atoms with Crippen molar-refractivity contribution in [3.8, 4) is 0 Å². The number of piperidine rings is 1. The summed E-state index contributed by atoms with van der Waals surface area (Å²) in [5, 5.41) is 0.961. The van der Waals surface area contributed by atoms with Crippen LogP contribution in [-0.2, 0) is 11.3 Å². The number of benzene rings is 2. The number of ether oxygens (including phenoxy) is 1. The molecule has 3 aromatic rings. The van der Waals surface area contributed by atoms with Gasteiger partial charge in [-0.15, -0.1) is 0 Å². The maximum absolute atomic E-state index is 12.9. The van der Waals surface area contributed by atoms with Gasteiger partial charge in [-0.3, -0.25) is 4.79 Å². The molecule has 1 saturated heterocycles. The van der Waals surface area contributed by atoms with E-state index in [4.69, 9.17) is 4.74 Å². The number of amides is 1. The molecule has 1 aliphatic heterocycles. The Balaban J connectivity index is 1.26. The van der Waals surface area contributed by atoms with Crippen LogP contribution in [0.15, 0.2) is 60.8 Å². The molecule has 2 aromatic carbocycles. The predicted octanol–water partition coefficient (Wildman–Crippen LogP) is 5.55. The summed E-state index contributed by atoms with van der Waals surface area (Å²) in [7, 11) is 0. The molecule has 1 aromatic heterocycles. The Bertz CT molecular complexity index is 1010. The number of carbonyl (C=O) groups is 2. The minimum absolute atomic E-state index is 0.108. The molecule has 1 amide bonds. The number of nitrogens with zero attached hydrogens (tertiary/aromatic N) is 1. The van der Waals surface area contributed by atoms with Crippen LogP contribution >= 0.6 is 15.9 Å². The quantitative estimate of drug-likeness (QED) is 0.380. The molecule has 156 valence electrons. The van der Waals surface area contributed by atoms with Gasteiger partial charge in [-0.05, 0) is 36.8 Å². The van der Waals surface area contributed by atoms with E-state index in [1.165, 1.54) is 0 Å². The molecular weight excluding hydrogens is 444 g/mol. The Kier molecular flexibility index (Phi) is 6.53. The topological polar surface area (TPSA) is 62.4 Å². The van der Waals surface area contributed by atoms with Crippen LogP contribution in [0.1, 0.15) is 35.2 Å². The number of Topliss-reactive ketones (excluding diaryl/α,β-unsaturated/α-hetero) is 1. The smallest absolute Gasteiger partial charge is 0.410 e. The van der Waals surface area contributed by atoms with Crippen molar-refractivity contribution in [1.29, 1.82) is 0 Å². The number of hydrogen-bond donors (Lipinski definition) is 1. The molecule has 30 heavy (non-hydrogen) atoms. The number of carbonyl (C=O) groups excluding carboxylic acids is 2. The van der Waals surface area contributed by atoms with Crippen molar-refractivity contribution in [2.24, 2.45) is 5.92 Å². The number of nitrogens with one attached hydrogen (secondary N) is 1. The zero-order valence-corrected chi connectivity index (χ0v) is 18.3. The monoisotopic (exact) mass is 468 g/mol.